The van der Waals surface area contributed by atoms with Gasteiger partial charge in [0.1, 0.15) is 5.65 Å². The number of aryl methyl sites for hydroxylation is 1. The van der Waals surface area contributed by atoms with Crippen LogP contribution in [-0.4, -0.2) is 28.8 Å². The van der Waals surface area contributed by atoms with E-state index in [1.165, 1.54) is 5.56 Å². The molecule has 0 spiro atoms. The summed E-state index contributed by atoms with van der Waals surface area (Å²) >= 11 is 0. The highest BCUT2D eigenvalue weighted by Crippen LogP contribution is 2.38. The summed E-state index contributed by atoms with van der Waals surface area (Å²) in [7, 11) is 5.35. The summed E-state index contributed by atoms with van der Waals surface area (Å²) in [6.07, 6.45) is 3.97. The smallest absolute Gasteiger partial charge is 0.162 e. The van der Waals surface area contributed by atoms with Gasteiger partial charge in [-0.05, 0) is 35.9 Å². The van der Waals surface area contributed by atoms with Crippen molar-refractivity contribution in [1.29, 1.82) is 0 Å². The van der Waals surface area contributed by atoms with E-state index in [9.17, 15) is 0 Å². The van der Waals surface area contributed by atoms with Crippen molar-refractivity contribution in [1.82, 2.24) is 14.5 Å². The lowest BCUT2D eigenvalue weighted by atomic mass is 10.1. The molecule has 0 saturated carbocycles. The lowest BCUT2D eigenvalue weighted by Crippen LogP contribution is -1.99. The Morgan fingerprint density at radius 1 is 0.968 bits per heavy atom. The summed E-state index contributed by atoms with van der Waals surface area (Å²) in [6.45, 7) is 0.723. The van der Waals surface area contributed by atoms with Crippen LogP contribution in [0.4, 0.5) is 5.69 Å². The van der Waals surface area contributed by atoms with Crippen LogP contribution in [0, 0.1) is 0 Å². The first-order valence-electron chi connectivity index (χ1n) is 10.1. The Kier molecular flexibility index (Phi) is 4.75. The molecule has 0 saturated heterocycles. The van der Waals surface area contributed by atoms with E-state index >= 15 is 0 Å². The monoisotopic (exact) mass is 412 g/mol. The van der Waals surface area contributed by atoms with Crippen molar-refractivity contribution in [2.75, 3.05) is 19.5 Å². The van der Waals surface area contributed by atoms with Crippen LogP contribution in [0.25, 0.3) is 33.2 Å². The maximum absolute atomic E-state index is 5.53. The number of fused-ring (bicyclic) bond motifs is 2. The number of anilines is 1. The van der Waals surface area contributed by atoms with E-state index in [0.29, 0.717) is 5.75 Å². The number of hydrogen-bond donors (Lipinski definition) is 2. The minimum atomic E-state index is 0.712. The van der Waals surface area contributed by atoms with Gasteiger partial charge < -0.3 is 24.3 Å². The summed E-state index contributed by atoms with van der Waals surface area (Å²) in [6, 6.07) is 18.5. The van der Waals surface area contributed by atoms with Gasteiger partial charge >= 0.3 is 0 Å². The fourth-order valence-corrected chi connectivity index (χ4v) is 4.06. The lowest BCUT2D eigenvalue weighted by Gasteiger charge is -2.08. The van der Waals surface area contributed by atoms with Gasteiger partial charge in [-0.15, -0.1) is 0 Å². The summed E-state index contributed by atoms with van der Waals surface area (Å²) in [5.74, 6) is 1.43. The van der Waals surface area contributed by atoms with Crippen LogP contribution >= 0.6 is 0 Å². The number of ether oxygens (including phenoxy) is 2. The third-order valence-electron chi connectivity index (χ3n) is 5.66. The number of aromatic amines is 1. The number of nitrogens with zero attached hydrogens (tertiary/aromatic N) is 2. The molecule has 0 amide bonds. The molecule has 5 rings (SSSR count). The van der Waals surface area contributed by atoms with Gasteiger partial charge in [-0.25, -0.2) is 4.98 Å². The van der Waals surface area contributed by atoms with Crippen molar-refractivity contribution < 1.29 is 9.47 Å². The van der Waals surface area contributed by atoms with E-state index in [-0.39, 0.29) is 0 Å². The standard InChI is InChI=1S/C25H24N4O2/c1-29-15-20(19-12-23(30-2)24(31-3)13-22(19)29)21-11-18-16(9-10-26-25(18)28-21)14-27-17-7-5-4-6-8-17/h4-13,15,27H,14H2,1-3H3,(H,26,28). The van der Waals surface area contributed by atoms with Crippen molar-refractivity contribution in [2.24, 2.45) is 7.05 Å². The van der Waals surface area contributed by atoms with Crippen LogP contribution in [0.5, 0.6) is 11.5 Å². The number of hydrogen-bond acceptors (Lipinski definition) is 4. The SMILES string of the molecule is COc1cc2c(-c3cc4c(CNc5ccccc5)ccnc4[nH]3)cn(C)c2cc1OC. The van der Waals surface area contributed by atoms with Gasteiger partial charge in [0, 0.05) is 59.8 Å². The van der Waals surface area contributed by atoms with E-state index in [4.69, 9.17) is 9.47 Å². The maximum Gasteiger partial charge on any atom is 0.162 e. The highest BCUT2D eigenvalue weighted by atomic mass is 16.5. The predicted molar refractivity (Wildman–Crippen MR) is 125 cm³/mol. The molecule has 3 aromatic heterocycles. The molecule has 6 nitrogen and oxygen atoms in total. The van der Waals surface area contributed by atoms with Gasteiger partial charge in [0.2, 0.25) is 0 Å². The maximum atomic E-state index is 5.53. The van der Waals surface area contributed by atoms with Crippen LogP contribution < -0.4 is 14.8 Å². The third-order valence-corrected chi connectivity index (χ3v) is 5.66. The van der Waals surface area contributed by atoms with Crippen molar-refractivity contribution in [3.05, 3.63) is 72.6 Å². The van der Waals surface area contributed by atoms with Gasteiger partial charge in [-0.2, -0.15) is 0 Å². The molecule has 0 bridgehead atoms. The molecule has 0 aliphatic heterocycles. The van der Waals surface area contributed by atoms with E-state index in [1.54, 1.807) is 14.2 Å². The fraction of sp³-hybridized carbons (Fsp3) is 0.160. The number of aromatic nitrogens is 3. The number of H-pyrrole nitrogens is 1. The quantitative estimate of drug-likeness (QED) is 0.395. The van der Waals surface area contributed by atoms with Crippen LogP contribution in [0.1, 0.15) is 5.56 Å². The molecule has 5 aromatic rings. The number of rotatable bonds is 6. The highest BCUT2D eigenvalue weighted by Gasteiger charge is 2.16. The normalized spacial score (nSPS) is 11.2. The number of para-hydroxylation sites is 1. The van der Waals surface area contributed by atoms with Crippen molar-refractivity contribution in [2.45, 2.75) is 6.54 Å². The summed E-state index contributed by atoms with van der Waals surface area (Å²) in [5.41, 5.74) is 6.35. The second-order valence-corrected chi connectivity index (χ2v) is 7.51. The van der Waals surface area contributed by atoms with Crippen LogP contribution in [0.15, 0.2) is 67.0 Å². The summed E-state index contributed by atoms with van der Waals surface area (Å²) < 4.78 is 13.1. The summed E-state index contributed by atoms with van der Waals surface area (Å²) in [5, 5.41) is 5.69. The molecular formula is C25H24N4O2. The molecule has 3 heterocycles. The Hall–Kier alpha value is -3.93. The van der Waals surface area contributed by atoms with Gasteiger partial charge in [-0.3, -0.25) is 0 Å². The molecule has 0 unspecified atom stereocenters. The van der Waals surface area contributed by atoms with Gasteiger partial charge in [0.05, 0.1) is 19.7 Å². The minimum absolute atomic E-state index is 0.712. The van der Waals surface area contributed by atoms with Crippen LogP contribution in [0.2, 0.25) is 0 Å². The van der Waals surface area contributed by atoms with Gasteiger partial charge in [0.25, 0.3) is 0 Å². The molecule has 31 heavy (non-hydrogen) atoms. The van der Waals surface area contributed by atoms with Crippen molar-refractivity contribution in [3.63, 3.8) is 0 Å². The zero-order valence-corrected chi connectivity index (χ0v) is 17.8. The Balaban J connectivity index is 1.57. The molecular weight excluding hydrogens is 388 g/mol. The summed E-state index contributed by atoms with van der Waals surface area (Å²) in [4.78, 5) is 8.05. The van der Waals surface area contributed by atoms with Gasteiger partial charge in [0.15, 0.2) is 11.5 Å². The first-order chi connectivity index (χ1) is 15.2. The topological polar surface area (TPSA) is 64.1 Å². The van der Waals surface area contributed by atoms with E-state index in [0.717, 1.165) is 51.2 Å². The van der Waals surface area contributed by atoms with Crippen LogP contribution in [0.3, 0.4) is 0 Å². The predicted octanol–water partition coefficient (Wildman–Crippen LogP) is 5.35. The molecule has 0 fully saturated rings. The third kappa shape index (κ3) is 3.36. The van der Waals surface area contributed by atoms with Gasteiger partial charge in [-0.1, -0.05) is 18.2 Å². The second kappa shape index (κ2) is 7.72. The number of pyridine rings is 1. The zero-order valence-electron chi connectivity index (χ0n) is 17.8. The first kappa shape index (κ1) is 19.1. The minimum Gasteiger partial charge on any atom is -0.493 e. The average molecular weight is 412 g/mol. The highest BCUT2D eigenvalue weighted by molar-refractivity contribution is 5.99. The van der Waals surface area contributed by atoms with E-state index in [1.807, 2.05) is 43.6 Å². The Morgan fingerprint density at radius 3 is 2.52 bits per heavy atom. The van der Waals surface area contributed by atoms with E-state index in [2.05, 4.69) is 50.3 Å². The van der Waals surface area contributed by atoms with Crippen LogP contribution in [-0.2, 0) is 13.6 Å². The molecule has 6 heteroatoms. The lowest BCUT2D eigenvalue weighted by molar-refractivity contribution is 0.355. The second-order valence-electron chi connectivity index (χ2n) is 7.51. The number of nitrogens with one attached hydrogen (secondary N) is 2. The largest absolute Gasteiger partial charge is 0.493 e. The number of benzene rings is 2. The van der Waals surface area contributed by atoms with Crippen molar-refractivity contribution >= 4 is 27.6 Å². The zero-order chi connectivity index (χ0) is 21.4. The molecule has 2 aromatic carbocycles. The van der Waals surface area contributed by atoms with Crippen molar-refractivity contribution in [3.8, 4) is 22.8 Å². The Labute approximate surface area is 180 Å². The molecule has 0 aliphatic carbocycles. The fourth-order valence-electron chi connectivity index (χ4n) is 4.06. The molecule has 0 atom stereocenters. The average Bonchev–Trinajstić information content (AvgIpc) is 3.38. The molecule has 0 radical (unpaired) electrons. The number of methoxy groups -OCH3 is 2. The molecule has 156 valence electrons. The molecule has 0 aliphatic rings. The Morgan fingerprint density at radius 2 is 1.74 bits per heavy atom. The molecule has 2 N–H and O–H groups in total. The van der Waals surface area contributed by atoms with E-state index < -0.39 is 0 Å². The first-order valence-corrected chi connectivity index (χ1v) is 10.1. The Bertz CT molecular complexity index is 1370.